The number of piperazine rings is 1. The number of nitrogens with one attached hydrogen (secondary N) is 2. The lowest BCUT2D eigenvalue weighted by atomic mass is 9.92. The maximum Gasteiger partial charge on any atom is 0.239 e. The first-order chi connectivity index (χ1) is 12.7. The standard InChI is InChI=1S/C20H28FN5O/c1-20(2,3)17-11-18(25(4)24-17)23-19(27)13-26-9-8-22-12-16(26)14-6-5-7-15(21)10-14/h5-7,10-11,16,22H,8-9,12-13H2,1-4H3,(H,23,27). The number of halogens is 1. The fraction of sp³-hybridized carbons (Fsp3) is 0.500. The first-order valence-electron chi connectivity index (χ1n) is 9.28. The normalized spacial score (nSPS) is 18.5. The SMILES string of the molecule is Cn1nc(C(C)(C)C)cc1NC(=O)CN1CCNCC1c1cccc(F)c1. The number of rotatable bonds is 4. The summed E-state index contributed by atoms with van der Waals surface area (Å²) >= 11 is 0. The van der Waals surface area contributed by atoms with Crippen LogP contribution < -0.4 is 10.6 Å². The third-order valence-electron chi connectivity index (χ3n) is 4.85. The van der Waals surface area contributed by atoms with Crippen molar-refractivity contribution in [3.05, 3.63) is 47.4 Å². The molecule has 27 heavy (non-hydrogen) atoms. The number of nitrogens with zero attached hydrogens (tertiary/aromatic N) is 3. The average Bonchev–Trinajstić information content (AvgIpc) is 2.96. The van der Waals surface area contributed by atoms with Crippen molar-refractivity contribution in [1.29, 1.82) is 0 Å². The van der Waals surface area contributed by atoms with Gasteiger partial charge in [0.15, 0.2) is 0 Å². The van der Waals surface area contributed by atoms with Crippen LogP contribution in [0.2, 0.25) is 0 Å². The van der Waals surface area contributed by atoms with Crippen LogP contribution in [0, 0.1) is 5.82 Å². The third kappa shape index (κ3) is 4.73. The van der Waals surface area contributed by atoms with E-state index in [1.165, 1.54) is 6.07 Å². The van der Waals surface area contributed by atoms with Gasteiger partial charge in [0.25, 0.3) is 0 Å². The molecule has 2 heterocycles. The number of benzene rings is 1. The van der Waals surface area contributed by atoms with Crippen LogP contribution in [0.3, 0.4) is 0 Å². The summed E-state index contributed by atoms with van der Waals surface area (Å²) in [5.74, 6) is 0.330. The van der Waals surface area contributed by atoms with Crippen LogP contribution in [0.4, 0.5) is 10.2 Å². The molecule has 1 aliphatic heterocycles. The molecule has 146 valence electrons. The van der Waals surface area contributed by atoms with E-state index in [4.69, 9.17) is 0 Å². The molecule has 3 rings (SSSR count). The van der Waals surface area contributed by atoms with Crippen molar-refractivity contribution in [2.75, 3.05) is 31.5 Å². The number of aryl methyl sites for hydroxylation is 1. The van der Waals surface area contributed by atoms with Gasteiger partial charge in [0.2, 0.25) is 5.91 Å². The molecule has 7 heteroatoms. The number of hydrogen-bond acceptors (Lipinski definition) is 4. The maximum atomic E-state index is 13.6. The lowest BCUT2D eigenvalue weighted by molar-refractivity contribution is -0.118. The number of hydrogen-bond donors (Lipinski definition) is 2. The lowest BCUT2D eigenvalue weighted by Gasteiger charge is -2.36. The minimum atomic E-state index is -0.257. The second-order valence-corrected chi connectivity index (χ2v) is 8.08. The Morgan fingerprint density at radius 3 is 2.81 bits per heavy atom. The molecule has 0 saturated carbocycles. The highest BCUT2D eigenvalue weighted by molar-refractivity contribution is 5.91. The summed E-state index contributed by atoms with van der Waals surface area (Å²) in [6, 6.07) is 8.48. The number of aromatic nitrogens is 2. The van der Waals surface area contributed by atoms with E-state index < -0.39 is 0 Å². The quantitative estimate of drug-likeness (QED) is 0.864. The Morgan fingerprint density at radius 1 is 1.37 bits per heavy atom. The number of amides is 1. The second-order valence-electron chi connectivity index (χ2n) is 8.08. The Bertz CT molecular complexity index is 811. The van der Waals surface area contributed by atoms with E-state index in [0.29, 0.717) is 12.4 Å². The van der Waals surface area contributed by atoms with Crippen LogP contribution >= 0.6 is 0 Å². The molecule has 0 spiro atoms. The predicted molar refractivity (Wildman–Crippen MR) is 104 cm³/mol. The van der Waals surface area contributed by atoms with E-state index in [2.05, 4.69) is 41.4 Å². The first kappa shape index (κ1) is 19.5. The van der Waals surface area contributed by atoms with E-state index in [9.17, 15) is 9.18 Å². The van der Waals surface area contributed by atoms with Crippen molar-refractivity contribution in [2.24, 2.45) is 7.05 Å². The molecule has 1 aromatic carbocycles. The molecule has 1 amide bonds. The summed E-state index contributed by atoms with van der Waals surface area (Å²) in [6.07, 6.45) is 0. The molecule has 1 atom stereocenters. The summed E-state index contributed by atoms with van der Waals surface area (Å²) < 4.78 is 15.3. The van der Waals surface area contributed by atoms with Crippen molar-refractivity contribution in [3.8, 4) is 0 Å². The summed E-state index contributed by atoms with van der Waals surface area (Å²) in [4.78, 5) is 14.7. The molecule has 1 fully saturated rings. The molecule has 1 aliphatic rings. The van der Waals surface area contributed by atoms with E-state index >= 15 is 0 Å². The van der Waals surface area contributed by atoms with Gasteiger partial charge in [-0.15, -0.1) is 0 Å². The van der Waals surface area contributed by atoms with Gasteiger partial charge in [-0.05, 0) is 17.7 Å². The van der Waals surface area contributed by atoms with Gasteiger partial charge in [0, 0.05) is 44.2 Å². The molecule has 0 radical (unpaired) electrons. The minimum absolute atomic E-state index is 0.0307. The largest absolute Gasteiger partial charge is 0.314 e. The van der Waals surface area contributed by atoms with Gasteiger partial charge in [-0.3, -0.25) is 14.4 Å². The van der Waals surface area contributed by atoms with Gasteiger partial charge in [0.05, 0.1) is 12.2 Å². The van der Waals surface area contributed by atoms with Crippen LogP contribution in [-0.2, 0) is 17.3 Å². The molecule has 2 aromatic rings. The molecule has 0 bridgehead atoms. The van der Waals surface area contributed by atoms with Gasteiger partial charge in [-0.25, -0.2) is 4.39 Å². The van der Waals surface area contributed by atoms with Crippen molar-refractivity contribution in [3.63, 3.8) is 0 Å². The Hall–Kier alpha value is -2.25. The van der Waals surface area contributed by atoms with Gasteiger partial charge in [-0.1, -0.05) is 32.9 Å². The predicted octanol–water partition coefficient (Wildman–Crippen LogP) is 2.44. The van der Waals surface area contributed by atoms with Crippen molar-refractivity contribution in [1.82, 2.24) is 20.0 Å². The zero-order valence-corrected chi connectivity index (χ0v) is 16.4. The van der Waals surface area contributed by atoms with E-state index in [-0.39, 0.29) is 29.7 Å². The molecule has 1 aromatic heterocycles. The molecule has 1 unspecified atom stereocenters. The smallest absolute Gasteiger partial charge is 0.239 e. The maximum absolute atomic E-state index is 13.6. The summed E-state index contributed by atoms with van der Waals surface area (Å²) in [6.45, 7) is 8.74. The first-order valence-corrected chi connectivity index (χ1v) is 9.28. The highest BCUT2D eigenvalue weighted by Crippen LogP contribution is 2.25. The molecular formula is C20H28FN5O. The van der Waals surface area contributed by atoms with E-state index in [1.54, 1.807) is 16.8 Å². The summed E-state index contributed by atoms with van der Waals surface area (Å²) in [5, 5.41) is 10.8. The number of anilines is 1. The number of carbonyl (C=O) groups excluding carboxylic acids is 1. The van der Waals surface area contributed by atoms with Gasteiger partial charge >= 0.3 is 0 Å². The highest BCUT2D eigenvalue weighted by Gasteiger charge is 2.26. The molecule has 0 aliphatic carbocycles. The topological polar surface area (TPSA) is 62.2 Å². The van der Waals surface area contributed by atoms with Gasteiger partial charge in [-0.2, -0.15) is 5.10 Å². The van der Waals surface area contributed by atoms with Gasteiger partial charge < -0.3 is 10.6 Å². The Labute approximate surface area is 159 Å². The zero-order chi connectivity index (χ0) is 19.6. The monoisotopic (exact) mass is 373 g/mol. The van der Waals surface area contributed by atoms with Crippen LogP contribution in [0.5, 0.6) is 0 Å². The van der Waals surface area contributed by atoms with Gasteiger partial charge in [0.1, 0.15) is 11.6 Å². The molecule has 2 N–H and O–H groups in total. The Balaban J connectivity index is 1.70. The average molecular weight is 373 g/mol. The lowest BCUT2D eigenvalue weighted by Crippen LogP contribution is -2.48. The zero-order valence-electron chi connectivity index (χ0n) is 16.4. The van der Waals surface area contributed by atoms with Crippen LogP contribution in [0.25, 0.3) is 0 Å². The van der Waals surface area contributed by atoms with Crippen molar-refractivity contribution in [2.45, 2.75) is 32.2 Å². The van der Waals surface area contributed by atoms with Crippen LogP contribution in [-0.4, -0.2) is 46.8 Å². The van der Waals surface area contributed by atoms with E-state index in [1.807, 2.05) is 19.2 Å². The fourth-order valence-electron chi connectivity index (χ4n) is 3.30. The van der Waals surface area contributed by atoms with Crippen molar-refractivity contribution < 1.29 is 9.18 Å². The fourth-order valence-corrected chi connectivity index (χ4v) is 3.30. The van der Waals surface area contributed by atoms with Crippen LogP contribution in [0.15, 0.2) is 30.3 Å². The van der Waals surface area contributed by atoms with Crippen LogP contribution in [0.1, 0.15) is 38.1 Å². The summed E-state index contributed by atoms with van der Waals surface area (Å²) in [7, 11) is 1.82. The molecular weight excluding hydrogens is 345 g/mol. The molecule has 6 nitrogen and oxygen atoms in total. The summed E-state index contributed by atoms with van der Waals surface area (Å²) in [5.41, 5.74) is 1.73. The van der Waals surface area contributed by atoms with E-state index in [0.717, 1.165) is 24.3 Å². The highest BCUT2D eigenvalue weighted by atomic mass is 19.1. The van der Waals surface area contributed by atoms with Crippen molar-refractivity contribution >= 4 is 11.7 Å². The molecule has 1 saturated heterocycles. The Morgan fingerprint density at radius 2 is 2.15 bits per heavy atom. The number of carbonyl (C=O) groups is 1. The Kier molecular flexibility index (Phi) is 5.62. The second kappa shape index (κ2) is 7.78. The minimum Gasteiger partial charge on any atom is -0.314 e. The third-order valence-corrected chi connectivity index (χ3v) is 4.85.